The fourth-order valence-corrected chi connectivity index (χ4v) is 22.7. The number of rotatable bonds is 0. The molecule has 15 unspecified atom stereocenters. The van der Waals surface area contributed by atoms with Crippen molar-refractivity contribution in [3.63, 3.8) is 0 Å². The smallest absolute Gasteiger partial charge is 0.00744 e. The average Bonchev–Trinajstić information content (AvgIpc) is 2.84. The minimum absolute atomic E-state index is 0.210. The van der Waals surface area contributed by atoms with E-state index in [4.69, 9.17) is 0 Å². The molecule has 0 aromatic carbocycles. The van der Waals surface area contributed by atoms with Gasteiger partial charge in [0.1, 0.15) is 0 Å². The molecule has 0 N–H and O–H groups in total. The number of hydrogen-bond acceptors (Lipinski definition) is 0. The van der Waals surface area contributed by atoms with E-state index >= 15 is 0 Å². The number of fused-ring (bicyclic) bond motifs is 3. The third kappa shape index (κ3) is 0.981. The lowest BCUT2D eigenvalue weighted by atomic mass is 8.98. The molecule has 208 valence electrons. The van der Waals surface area contributed by atoms with E-state index in [-0.39, 0.29) is 43.3 Å². The first kappa shape index (κ1) is 24.8. The summed E-state index contributed by atoms with van der Waals surface area (Å²) in [5.41, 5.74) is 4.51. The molecule has 0 aliphatic heterocycles. The predicted octanol–water partition coefficient (Wildman–Crippen LogP) is 10.1. The second-order valence-electron chi connectivity index (χ2n) is 20.3. The normalized spacial score (nSPS) is 80.4. The van der Waals surface area contributed by atoms with E-state index in [1.54, 1.807) is 0 Å². The van der Waals surface area contributed by atoms with Gasteiger partial charge in [0, 0.05) is 0 Å². The van der Waals surface area contributed by atoms with Crippen molar-refractivity contribution in [3.8, 4) is 0 Å². The van der Waals surface area contributed by atoms with Crippen molar-refractivity contribution in [2.45, 2.75) is 132 Å². The van der Waals surface area contributed by atoms with Crippen LogP contribution in [0.2, 0.25) is 0 Å². The topological polar surface area (TPSA) is 0 Å². The lowest BCUT2D eigenvalue weighted by Gasteiger charge is -3.05. The van der Waals surface area contributed by atoms with Crippen LogP contribution in [0, 0.1) is 99.0 Å². The molecule has 1 spiro atoms. The van der Waals surface area contributed by atoms with Gasteiger partial charge in [0.05, 0.1) is 0 Å². The van der Waals surface area contributed by atoms with Crippen LogP contribution in [0.1, 0.15) is 132 Å². The summed E-state index contributed by atoms with van der Waals surface area (Å²) in [7, 11) is 0. The molecular formula is C37H60. The minimum atomic E-state index is 0.210. The molecule has 0 heterocycles. The molecule has 8 rings (SSSR count). The van der Waals surface area contributed by atoms with Crippen LogP contribution < -0.4 is 0 Å². The summed E-state index contributed by atoms with van der Waals surface area (Å²) in [6.45, 7) is 53.7. The van der Waals surface area contributed by atoms with E-state index in [1.165, 1.54) is 0 Å². The van der Waals surface area contributed by atoms with Crippen molar-refractivity contribution in [3.05, 3.63) is 0 Å². The number of hydrogen-bond donors (Lipinski definition) is 0. The molecule has 8 aliphatic rings. The Kier molecular flexibility index (Phi) is 3.01. The molecular weight excluding hydrogens is 444 g/mol. The Balaban J connectivity index is 1.73. The highest BCUT2D eigenvalue weighted by molar-refractivity contribution is 5.66. The van der Waals surface area contributed by atoms with Crippen LogP contribution in [0.15, 0.2) is 0 Å². The van der Waals surface area contributed by atoms with Crippen molar-refractivity contribution < 1.29 is 0 Å². The van der Waals surface area contributed by atoms with Crippen LogP contribution in [-0.2, 0) is 0 Å². The van der Waals surface area contributed by atoms with Gasteiger partial charge in [0.15, 0.2) is 0 Å². The lowest BCUT2D eigenvalue weighted by molar-refractivity contribution is -0.595. The van der Waals surface area contributed by atoms with Crippen LogP contribution in [0.3, 0.4) is 0 Å². The van der Waals surface area contributed by atoms with Gasteiger partial charge < -0.3 is 0 Å². The fourth-order valence-electron chi connectivity index (χ4n) is 22.7. The third-order valence-corrected chi connectivity index (χ3v) is 24.5. The Morgan fingerprint density at radius 3 is 1.00 bits per heavy atom. The molecule has 0 radical (unpaired) electrons. The van der Waals surface area contributed by atoms with E-state index in [2.05, 4.69) is 132 Å². The zero-order chi connectivity index (χ0) is 28.2. The van der Waals surface area contributed by atoms with Gasteiger partial charge >= 0.3 is 0 Å². The Morgan fingerprint density at radius 1 is 0.297 bits per heavy atom. The van der Waals surface area contributed by atoms with Crippen molar-refractivity contribution in [2.24, 2.45) is 99.0 Å². The van der Waals surface area contributed by atoms with Gasteiger partial charge in [-0.2, -0.15) is 0 Å². The second-order valence-corrected chi connectivity index (χ2v) is 20.3. The highest BCUT2D eigenvalue weighted by Gasteiger charge is 3.20. The molecule has 8 saturated carbocycles. The standard InChI is InChI=1S/C37H60/c1-20-22-21(2)27(10)32(15)31(14)26(20,9)37(22,27)36(19)28(11)23(3,4)24(5,6)29(12)33(16,30(36,13)25(28,7)8)35(32,18)34(29,31)17/h20-22H,1-19H3. The Bertz CT molecular complexity index is 1300. The molecule has 8 fully saturated rings. The summed E-state index contributed by atoms with van der Waals surface area (Å²) in [5, 5.41) is 0. The molecule has 15 atom stereocenters. The Morgan fingerprint density at radius 2 is 0.595 bits per heavy atom. The first-order valence-electron chi connectivity index (χ1n) is 16.2. The fraction of sp³-hybridized carbons (Fsp3) is 1.00. The first-order valence-corrected chi connectivity index (χ1v) is 16.2. The van der Waals surface area contributed by atoms with Crippen molar-refractivity contribution in [2.75, 3.05) is 0 Å². The van der Waals surface area contributed by atoms with Crippen LogP contribution >= 0.6 is 0 Å². The summed E-state index contributed by atoms with van der Waals surface area (Å²) in [6, 6.07) is 0. The highest BCUT2D eigenvalue weighted by atomic mass is 15.2. The van der Waals surface area contributed by atoms with E-state index in [9.17, 15) is 0 Å². The van der Waals surface area contributed by atoms with Gasteiger partial charge in [-0.05, 0) is 99.0 Å². The van der Waals surface area contributed by atoms with Gasteiger partial charge in [-0.15, -0.1) is 0 Å². The van der Waals surface area contributed by atoms with Crippen molar-refractivity contribution >= 4 is 0 Å². The maximum Gasteiger partial charge on any atom is -0.00744 e. The SMILES string of the molecule is CC1C2C(C)C3(C)C4(C)C5(C)C1(C)C23C1(C)C2(C)C(C)(C)C(C)(C)C3(C)C(C)(C1(C)C2(C)C)C4(C)C35C. The zero-order valence-electron chi connectivity index (χ0n) is 28.2. The molecule has 0 aromatic rings. The van der Waals surface area contributed by atoms with E-state index in [0.29, 0.717) is 37.9 Å². The molecule has 0 aromatic heterocycles. The molecule has 37 heavy (non-hydrogen) atoms. The van der Waals surface area contributed by atoms with Crippen LogP contribution in [0.25, 0.3) is 0 Å². The Hall–Kier alpha value is 0. The molecule has 8 aliphatic carbocycles. The average molecular weight is 505 g/mol. The van der Waals surface area contributed by atoms with Gasteiger partial charge in [0.25, 0.3) is 0 Å². The lowest BCUT2D eigenvalue weighted by Crippen LogP contribution is -3.02. The summed E-state index contributed by atoms with van der Waals surface area (Å²) in [5.74, 6) is 2.51. The van der Waals surface area contributed by atoms with Gasteiger partial charge in [-0.25, -0.2) is 0 Å². The third-order valence-electron chi connectivity index (χ3n) is 24.5. The van der Waals surface area contributed by atoms with Crippen LogP contribution in [0.5, 0.6) is 0 Å². The Labute approximate surface area is 230 Å². The minimum Gasteiger partial charge on any atom is -0.0616 e. The quantitative estimate of drug-likeness (QED) is 0.308. The molecule has 0 amide bonds. The summed E-state index contributed by atoms with van der Waals surface area (Å²) in [4.78, 5) is 0. The largest absolute Gasteiger partial charge is 0.0616 e. The predicted molar refractivity (Wildman–Crippen MR) is 155 cm³/mol. The second kappa shape index (κ2) is 4.50. The molecule has 0 saturated heterocycles. The molecule has 0 nitrogen and oxygen atoms in total. The summed E-state index contributed by atoms with van der Waals surface area (Å²) < 4.78 is 0. The van der Waals surface area contributed by atoms with Crippen molar-refractivity contribution in [1.82, 2.24) is 0 Å². The van der Waals surface area contributed by atoms with Gasteiger partial charge in [-0.3, -0.25) is 0 Å². The van der Waals surface area contributed by atoms with E-state index in [0.717, 1.165) is 17.8 Å². The maximum atomic E-state index is 2.94. The first-order chi connectivity index (χ1) is 16.2. The van der Waals surface area contributed by atoms with E-state index in [1.807, 2.05) is 0 Å². The summed E-state index contributed by atoms with van der Waals surface area (Å²) in [6.07, 6.45) is 0. The van der Waals surface area contributed by atoms with Crippen LogP contribution in [0.4, 0.5) is 0 Å². The maximum absolute atomic E-state index is 2.94. The molecule has 0 heteroatoms. The monoisotopic (exact) mass is 504 g/mol. The van der Waals surface area contributed by atoms with Crippen molar-refractivity contribution in [1.29, 1.82) is 0 Å². The highest BCUT2D eigenvalue weighted by Crippen LogP contribution is 3.23. The van der Waals surface area contributed by atoms with E-state index < -0.39 is 0 Å². The van der Waals surface area contributed by atoms with Crippen LogP contribution in [-0.4, -0.2) is 0 Å². The zero-order valence-corrected chi connectivity index (χ0v) is 28.2. The van der Waals surface area contributed by atoms with Gasteiger partial charge in [0.2, 0.25) is 0 Å². The summed E-state index contributed by atoms with van der Waals surface area (Å²) >= 11 is 0. The van der Waals surface area contributed by atoms with Gasteiger partial charge in [-0.1, -0.05) is 132 Å². The molecule has 6 bridgehead atoms.